The number of nitrogens with zero attached hydrogens (tertiary/aromatic N) is 1. The van der Waals surface area contributed by atoms with Gasteiger partial charge in [0.25, 0.3) is 15.9 Å². The zero-order valence-corrected chi connectivity index (χ0v) is 17.2. The number of sulfonamides is 1. The molecule has 13 heteroatoms. The molecule has 0 fully saturated rings. The Morgan fingerprint density at radius 1 is 1.17 bits per heavy atom. The molecule has 1 aromatic carbocycles. The van der Waals surface area contributed by atoms with Crippen molar-refractivity contribution < 1.29 is 31.2 Å². The fraction of sp³-hybridized carbons (Fsp3) is 0.250. The lowest BCUT2D eigenvalue weighted by atomic mass is 10.1. The minimum atomic E-state index is -4.59. The van der Waals surface area contributed by atoms with Crippen LogP contribution in [0.25, 0.3) is 0 Å². The van der Waals surface area contributed by atoms with Crippen LogP contribution in [0.5, 0.6) is 0 Å². The third-order valence-electron chi connectivity index (χ3n) is 3.47. The fourth-order valence-electron chi connectivity index (χ4n) is 2.13. The van der Waals surface area contributed by atoms with Crippen LogP contribution < -0.4 is 10.6 Å². The van der Waals surface area contributed by atoms with Gasteiger partial charge in [0.05, 0.1) is 22.1 Å². The number of alkyl halides is 3. The maximum absolute atomic E-state index is 12.4. The van der Waals surface area contributed by atoms with Gasteiger partial charge in [0.2, 0.25) is 5.91 Å². The molecule has 29 heavy (non-hydrogen) atoms. The predicted octanol–water partition coefficient (Wildman–Crippen LogP) is 2.95. The van der Waals surface area contributed by atoms with Crippen molar-refractivity contribution in [3.05, 3.63) is 46.3 Å². The number of carbonyl (C=O) groups excluding carboxylic acids is 2. The van der Waals surface area contributed by atoms with Gasteiger partial charge >= 0.3 is 6.18 Å². The van der Waals surface area contributed by atoms with Crippen molar-refractivity contribution in [3.63, 3.8) is 0 Å². The predicted molar refractivity (Wildman–Crippen MR) is 103 cm³/mol. The molecule has 2 N–H and O–H groups in total. The number of benzene rings is 1. The minimum absolute atomic E-state index is 0.0512. The zero-order valence-electron chi connectivity index (χ0n) is 14.8. The summed E-state index contributed by atoms with van der Waals surface area (Å²) in [5.74, 6) is -1.82. The topological polar surface area (TPSA) is 95.6 Å². The molecule has 0 spiro atoms. The number of halogens is 4. The maximum atomic E-state index is 12.4. The van der Waals surface area contributed by atoms with Gasteiger partial charge in [0, 0.05) is 7.05 Å². The summed E-state index contributed by atoms with van der Waals surface area (Å²) in [5.41, 5.74) is -0.247. The van der Waals surface area contributed by atoms with Crippen LogP contribution in [-0.4, -0.2) is 50.9 Å². The molecular formula is C16H15ClF3N3O4S2. The first kappa shape index (κ1) is 23.1. The van der Waals surface area contributed by atoms with Gasteiger partial charge in [-0.15, -0.1) is 11.3 Å². The van der Waals surface area contributed by atoms with Crippen molar-refractivity contribution in [3.8, 4) is 0 Å². The standard InChI is InChI=1S/C16H15ClF3N3O4S2/c1-23(29(26,27)14-7-6-12(17)28-14)8-13(24)22-11-5-3-2-4-10(11)15(25)21-9-16(18,19)20/h2-7H,8-9H2,1H3,(H,21,25)(H,22,24). The number of amides is 2. The molecule has 2 rings (SSSR count). The molecule has 2 amide bonds. The summed E-state index contributed by atoms with van der Waals surface area (Å²) >= 11 is 6.56. The second-order valence-corrected chi connectivity index (χ2v) is 9.70. The van der Waals surface area contributed by atoms with Crippen LogP contribution in [-0.2, 0) is 14.8 Å². The van der Waals surface area contributed by atoms with E-state index < -0.39 is 41.1 Å². The summed E-state index contributed by atoms with van der Waals surface area (Å²) in [5, 5.41) is 4.05. The van der Waals surface area contributed by atoms with Crippen LogP contribution in [0.1, 0.15) is 10.4 Å². The Bertz CT molecular complexity index is 1010. The van der Waals surface area contributed by atoms with E-state index in [2.05, 4.69) is 5.32 Å². The highest BCUT2D eigenvalue weighted by atomic mass is 35.5. The maximum Gasteiger partial charge on any atom is 0.405 e. The average Bonchev–Trinajstić information content (AvgIpc) is 3.06. The molecule has 0 aliphatic heterocycles. The highest BCUT2D eigenvalue weighted by Crippen LogP contribution is 2.27. The van der Waals surface area contributed by atoms with Crippen LogP contribution in [0, 0.1) is 0 Å². The van der Waals surface area contributed by atoms with E-state index in [1.54, 1.807) is 5.32 Å². The third-order valence-corrected chi connectivity index (χ3v) is 6.98. The smallest absolute Gasteiger partial charge is 0.343 e. The molecule has 1 heterocycles. The summed E-state index contributed by atoms with van der Waals surface area (Å²) in [6.07, 6.45) is -4.59. The van der Waals surface area contributed by atoms with Crippen molar-refractivity contribution >= 4 is 50.5 Å². The molecular weight excluding hydrogens is 455 g/mol. The monoisotopic (exact) mass is 469 g/mol. The van der Waals surface area contributed by atoms with E-state index in [9.17, 15) is 31.2 Å². The first-order valence-electron chi connectivity index (χ1n) is 7.85. The molecule has 2 aromatic rings. The largest absolute Gasteiger partial charge is 0.405 e. The number of para-hydroxylation sites is 1. The average molecular weight is 470 g/mol. The highest BCUT2D eigenvalue weighted by molar-refractivity contribution is 7.91. The highest BCUT2D eigenvalue weighted by Gasteiger charge is 2.29. The normalized spacial score (nSPS) is 12.1. The number of thiophene rings is 1. The van der Waals surface area contributed by atoms with E-state index in [1.807, 2.05) is 0 Å². The van der Waals surface area contributed by atoms with Crippen molar-refractivity contribution in [1.29, 1.82) is 0 Å². The number of rotatable bonds is 7. The molecule has 0 bridgehead atoms. The Hall–Kier alpha value is -2.15. The van der Waals surface area contributed by atoms with Crippen LogP contribution >= 0.6 is 22.9 Å². The molecule has 0 aliphatic carbocycles. The van der Waals surface area contributed by atoms with Gasteiger partial charge < -0.3 is 10.6 Å². The Morgan fingerprint density at radius 2 is 1.83 bits per heavy atom. The Balaban J connectivity index is 2.08. The minimum Gasteiger partial charge on any atom is -0.343 e. The van der Waals surface area contributed by atoms with Gasteiger partial charge in [-0.05, 0) is 24.3 Å². The number of carbonyl (C=O) groups is 2. The van der Waals surface area contributed by atoms with Gasteiger partial charge in [-0.2, -0.15) is 17.5 Å². The van der Waals surface area contributed by atoms with Gasteiger partial charge in [-0.3, -0.25) is 9.59 Å². The molecule has 158 valence electrons. The van der Waals surface area contributed by atoms with Crippen LogP contribution in [0.4, 0.5) is 18.9 Å². The van der Waals surface area contributed by atoms with Crippen molar-refractivity contribution in [2.75, 3.05) is 25.5 Å². The molecule has 7 nitrogen and oxygen atoms in total. The lowest BCUT2D eigenvalue weighted by Crippen LogP contribution is -2.36. The van der Waals surface area contributed by atoms with E-state index in [4.69, 9.17) is 11.6 Å². The molecule has 0 atom stereocenters. The Labute approximate surface area is 173 Å². The number of nitrogens with one attached hydrogen (secondary N) is 2. The Morgan fingerprint density at radius 3 is 2.41 bits per heavy atom. The second kappa shape index (κ2) is 9.11. The van der Waals surface area contributed by atoms with Crippen LogP contribution in [0.3, 0.4) is 0 Å². The van der Waals surface area contributed by atoms with Crippen LogP contribution in [0.2, 0.25) is 4.34 Å². The van der Waals surface area contributed by atoms with Gasteiger partial charge in [0.15, 0.2) is 0 Å². The quantitative estimate of drug-likeness (QED) is 0.651. The van der Waals surface area contributed by atoms with E-state index in [1.165, 1.54) is 43.4 Å². The van der Waals surface area contributed by atoms with Crippen molar-refractivity contribution in [2.24, 2.45) is 0 Å². The summed E-state index contributed by atoms with van der Waals surface area (Å²) < 4.78 is 62.7. The fourth-order valence-corrected chi connectivity index (χ4v) is 4.95. The number of likely N-dealkylation sites (N-methyl/N-ethyl adjacent to an activating group) is 1. The Kier molecular flexibility index (Phi) is 7.27. The SMILES string of the molecule is CN(CC(=O)Nc1ccccc1C(=O)NCC(F)(F)F)S(=O)(=O)c1ccc(Cl)s1. The first-order valence-corrected chi connectivity index (χ1v) is 10.5. The molecule has 0 unspecified atom stereocenters. The van der Waals surface area contributed by atoms with E-state index in [-0.39, 0.29) is 19.8 Å². The van der Waals surface area contributed by atoms with Gasteiger partial charge in [-0.25, -0.2) is 8.42 Å². The lowest BCUT2D eigenvalue weighted by Gasteiger charge is -2.17. The van der Waals surface area contributed by atoms with E-state index in [0.717, 1.165) is 15.6 Å². The molecule has 0 aliphatic rings. The summed E-state index contributed by atoms with van der Waals surface area (Å²) in [7, 11) is -2.77. The molecule has 0 saturated heterocycles. The molecule has 0 radical (unpaired) electrons. The number of anilines is 1. The number of hydrogen-bond donors (Lipinski definition) is 2. The van der Waals surface area contributed by atoms with Crippen molar-refractivity contribution in [1.82, 2.24) is 9.62 Å². The molecule has 0 saturated carbocycles. The molecule has 1 aromatic heterocycles. The van der Waals surface area contributed by atoms with Crippen LogP contribution in [0.15, 0.2) is 40.6 Å². The zero-order chi connectivity index (χ0) is 21.8. The van der Waals surface area contributed by atoms with Gasteiger partial charge in [-0.1, -0.05) is 23.7 Å². The summed E-state index contributed by atoms with van der Waals surface area (Å²) in [4.78, 5) is 24.2. The van der Waals surface area contributed by atoms with E-state index in [0.29, 0.717) is 0 Å². The second-order valence-electron chi connectivity index (χ2n) is 5.71. The van der Waals surface area contributed by atoms with Gasteiger partial charge in [0.1, 0.15) is 10.8 Å². The first-order chi connectivity index (χ1) is 13.4. The lowest BCUT2D eigenvalue weighted by molar-refractivity contribution is -0.123. The summed E-state index contributed by atoms with van der Waals surface area (Å²) in [6, 6.07) is 8.13. The summed E-state index contributed by atoms with van der Waals surface area (Å²) in [6.45, 7) is -2.12. The third kappa shape index (κ3) is 6.42. The van der Waals surface area contributed by atoms with Crippen molar-refractivity contribution in [2.45, 2.75) is 10.4 Å². The number of hydrogen-bond acceptors (Lipinski definition) is 5. The van der Waals surface area contributed by atoms with E-state index >= 15 is 0 Å².